The third-order valence-corrected chi connectivity index (χ3v) is 4.80. The lowest BCUT2D eigenvalue weighted by Gasteiger charge is -2.36. The summed E-state index contributed by atoms with van der Waals surface area (Å²) in [5.41, 5.74) is 3.56. The van der Waals surface area contributed by atoms with Gasteiger partial charge in [0.15, 0.2) is 0 Å². The minimum Gasteiger partial charge on any atom is -0.305 e. The predicted octanol–water partition coefficient (Wildman–Crippen LogP) is 5.52. The molecule has 0 fully saturated rings. The standard InChI is InChI=1S/C23H18F2N2O/c1-15-14-21(26-19-12-10-18(25)11-13-19)20-4-2-3-5-22(20)27(15)23(28)16-6-8-17(24)9-7-16/h2-13,15H,14H2,1H3. The number of halogens is 2. The Kier molecular flexibility index (Phi) is 4.74. The van der Waals surface area contributed by atoms with Crippen molar-refractivity contribution >= 4 is 23.0 Å². The molecular formula is C23H18F2N2O. The maximum Gasteiger partial charge on any atom is 0.258 e. The molecule has 3 aromatic rings. The lowest BCUT2D eigenvalue weighted by Crippen LogP contribution is -2.44. The molecule has 3 nitrogen and oxygen atoms in total. The molecule has 4 rings (SSSR count). The second kappa shape index (κ2) is 7.35. The largest absolute Gasteiger partial charge is 0.305 e. The summed E-state index contributed by atoms with van der Waals surface area (Å²) in [6, 6.07) is 19.0. The van der Waals surface area contributed by atoms with Crippen LogP contribution in [0.15, 0.2) is 77.8 Å². The maximum absolute atomic E-state index is 13.2. The lowest BCUT2D eigenvalue weighted by molar-refractivity contribution is 0.0978. The highest BCUT2D eigenvalue weighted by molar-refractivity contribution is 6.15. The number of fused-ring (bicyclic) bond motifs is 1. The van der Waals surface area contributed by atoms with E-state index in [4.69, 9.17) is 4.99 Å². The summed E-state index contributed by atoms with van der Waals surface area (Å²) in [7, 11) is 0. The molecule has 3 aromatic carbocycles. The Labute approximate surface area is 162 Å². The summed E-state index contributed by atoms with van der Waals surface area (Å²) in [4.78, 5) is 19.5. The second-order valence-corrected chi connectivity index (χ2v) is 6.79. The Morgan fingerprint density at radius 3 is 2.21 bits per heavy atom. The van der Waals surface area contributed by atoms with Crippen LogP contribution in [0.25, 0.3) is 0 Å². The van der Waals surface area contributed by atoms with E-state index in [1.54, 1.807) is 17.0 Å². The third kappa shape index (κ3) is 3.43. The molecule has 0 bridgehead atoms. The van der Waals surface area contributed by atoms with Crippen LogP contribution in [0.2, 0.25) is 0 Å². The van der Waals surface area contributed by atoms with Crippen LogP contribution in [0.1, 0.15) is 29.3 Å². The van der Waals surface area contributed by atoms with Crippen molar-refractivity contribution in [3.05, 3.63) is 95.6 Å². The number of aliphatic imine (C=N–C) groups is 1. The van der Waals surface area contributed by atoms with Crippen LogP contribution in [0.4, 0.5) is 20.2 Å². The zero-order valence-electron chi connectivity index (χ0n) is 15.3. The Morgan fingerprint density at radius 1 is 0.929 bits per heavy atom. The SMILES string of the molecule is CC1CC(=Nc2ccc(F)cc2)c2ccccc2N1C(=O)c1ccc(F)cc1. The zero-order chi connectivity index (χ0) is 19.7. The summed E-state index contributed by atoms with van der Waals surface area (Å²) < 4.78 is 26.4. The molecule has 0 saturated carbocycles. The summed E-state index contributed by atoms with van der Waals surface area (Å²) in [5, 5.41) is 0. The van der Waals surface area contributed by atoms with E-state index in [-0.39, 0.29) is 23.6 Å². The summed E-state index contributed by atoms with van der Waals surface area (Å²) in [5.74, 6) is -0.865. The van der Waals surface area contributed by atoms with Crippen molar-refractivity contribution in [2.24, 2.45) is 4.99 Å². The molecule has 1 aliphatic rings. The van der Waals surface area contributed by atoms with Crippen molar-refractivity contribution < 1.29 is 13.6 Å². The maximum atomic E-state index is 13.2. The van der Waals surface area contributed by atoms with Gasteiger partial charge in [-0.25, -0.2) is 8.78 Å². The average Bonchev–Trinajstić information content (AvgIpc) is 2.70. The highest BCUT2D eigenvalue weighted by Crippen LogP contribution is 2.33. The number of hydrogen-bond donors (Lipinski definition) is 0. The fraction of sp³-hybridized carbons (Fsp3) is 0.130. The molecule has 5 heteroatoms. The molecule has 0 radical (unpaired) electrons. The Morgan fingerprint density at radius 2 is 1.54 bits per heavy atom. The second-order valence-electron chi connectivity index (χ2n) is 6.79. The van der Waals surface area contributed by atoms with Crippen molar-refractivity contribution in [1.82, 2.24) is 0 Å². The van der Waals surface area contributed by atoms with E-state index in [0.717, 1.165) is 17.0 Å². The monoisotopic (exact) mass is 376 g/mol. The number of para-hydroxylation sites is 1. The highest BCUT2D eigenvalue weighted by atomic mass is 19.1. The van der Waals surface area contributed by atoms with Gasteiger partial charge in [-0.15, -0.1) is 0 Å². The smallest absolute Gasteiger partial charge is 0.258 e. The zero-order valence-corrected chi connectivity index (χ0v) is 15.3. The first-order valence-electron chi connectivity index (χ1n) is 9.04. The number of hydrogen-bond acceptors (Lipinski definition) is 2. The number of anilines is 1. The van der Waals surface area contributed by atoms with Gasteiger partial charge < -0.3 is 4.90 Å². The minimum absolute atomic E-state index is 0.133. The summed E-state index contributed by atoms with van der Waals surface area (Å²) in [6.45, 7) is 1.96. The fourth-order valence-electron chi connectivity index (χ4n) is 3.46. The average molecular weight is 376 g/mol. The predicted molar refractivity (Wildman–Crippen MR) is 106 cm³/mol. The van der Waals surface area contributed by atoms with Crippen LogP contribution in [-0.4, -0.2) is 17.7 Å². The molecule has 1 aliphatic heterocycles. The van der Waals surface area contributed by atoms with Crippen molar-refractivity contribution in [3.63, 3.8) is 0 Å². The van der Waals surface area contributed by atoms with E-state index >= 15 is 0 Å². The molecule has 0 aromatic heterocycles. The van der Waals surface area contributed by atoms with E-state index in [0.29, 0.717) is 17.7 Å². The molecule has 0 saturated heterocycles. The van der Waals surface area contributed by atoms with E-state index < -0.39 is 0 Å². The van der Waals surface area contributed by atoms with Crippen molar-refractivity contribution in [2.75, 3.05) is 4.90 Å². The van der Waals surface area contributed by atoms with E-state index in [9.17, 15) is 13.6 Å². The third-order valence-electron chi connectivity index (χ3n) is 4.80. The summed E-state index contributed by atoms with van der Waals surface area (Å²) >= 11 is 0. The molecule has 0 spiro atoms. The molecule has 140 valence electrons. The number of carbonyl (C=O) groups is 1. The molecule has 28 heavy (non-hydrogen) atoms. The van der Waals surface area contributed by atoms with Gasteiger partial charge >= 0.3 is 0 Å². The van der Waals surface area contributed by atoms with Gasteiger partial charge in [-0.1, -0.05) is 18.2 Å². The van der Waals surface area contributed by atoms with Gasteiger partial charge in [0.1, 0.15) is 11.6 Å². The van der Waals surface area contributed by atoms with Crippen molar-refractivity contribution in [2.45, 2.75) is 19.4 Å². The first kappa shape index (κ1) is 18.0. The molecular weight excluding hydrogens is 358 g/mol. The normalized spacial score (nSPS) is 17.5. The molecule has 1 heterocycles. The Hall–Kier alpha value is -3.34. The number of rotatable bonds is 2. The summed E-state index contributed by atoms with van der Waals surface area (Å²) in [6.07, 6.45) is 0.557. The van der Waals surface area contributed by atoms with Gasteiger partial charge in [0.25, 0.3) is 5.91 Å². The number of benzene rings is 3. The number of amides is 1. The fourth-order valence-corrected chi connectivity index (χ4v) is 3.46. The Bertz CT molecular complexity index is 1040. The van der Waals surface area contributed by atoms with Gasteiger partial charge in [0.05, 0.1) is 17.1 Å². The van der Waals surface area contributed by atoms with Gasteiger partial charge in [0.2, 0.25) is 0 Å². The van der Waals surface area contributed by atoms with Gasteiger partial charge in [-0.2, -0.15) is 0 Å². The van der Waals surface area contributed by atoms with Crippen LogP contribution in [0.3, 0.4) is 0 Å². The highest BCUT2D eigenvalue weighted by Gasteiger charge is 2.32. The molecule has 0 aliphatic carbocycles. The van der Waals surface area contributed by atoms with E-state index in [2.05, 4.69) is 0 Å². The first-order chi connectivity index (χ1) is 13.5. The van der Waals surface area contributed by atoms with E-state index in [1.165, 1.54) is 36.4 Å². The Balaban J connectivity index is 1.75. The van der Waals surface area contributed by atoms with Crippen LogP contribution in [-0.2, 0) is 0 Å². The van der Waals surface area contributed by atoms with Crippen LogP contribution in [0.5, 0.6) is 0 Å². The lowest BCUT2D eigenvalue weighted by atomic mass is 9.93. The van der Waals surface area contributed by atoms with Crippen molar-refractivity contribution in [1.29, 1.82) is 0 Å². The van der Waals surface area contributed by atoms with Gasteiger partial charge in [0, 0.05) is 23.6 Å². The molecule has 1 amide bonds. The van der Waals surface area contributed by atoms with Crippen molar-refractivity contribution in [3.8, 4) is 0 Å². The molecule has 1 atom stereocenters. The van der Waals surface area contributed by atoms with E-state index in [1.807, 2.05) is 31.2 Å². The minimum atomic E-state index is -0.377. The van der Waals surface area contributed by atoms with Crippen LogP contribution < -0.4 is 4.90 Å². The topological polar surface area (TPSA) is 32.7 Å². The molecule has 1 unspecified atom stereocenters. The van der Waals surface area contributed by atoms with Crippen LogP contribution >= 0.6 is 0 Å². The quantitative estimate of drug-likeness (QED) is 0.579. The molecule has 0 N–H and O–H groups in total. The number of nitrogens with zero attached hydrogens (tertiary/aromatic N) is 2. The van der Waals surface area contributed by atoms with Gasteiger partial charge in [-0.05, 0) is 61.5 Å². The first-order valence-corrected chi connectivity index (χ1v) is 9.04. The van der Waals surface area contributed by atoms with Gasteiger partial charge in [-0.3, -0.25) is 9.79 Å². The van der Waals surface area contributed by atoms with Crippen LogP contribution in [0, 0.1) is 11.6 Å². The number of carbonyl (C=O) groups excluding carboxylic acids is 1.